The third kappa shape index (κ3) is 27.9. The van der Waals surface area contributed by atoms with Crippen LogP contribution in [0, 0.1) is 48.4 Å². The lowest BCUT2D eigenvalue weighted by Gasteiger charge is -2.35. The average Bonchev–Trinajstić information content (AvgIpc) is 3.36. The Morgan fingerprint density at radius 2 is 0.972 bits per heavy atom. The van der Waals surface area contributed by atoms with Crippen LogP contribution in [0.5, 0.6) is 5.75 Å². The number of terminal acetylenes is 3. The highest BCUT2D eigenvalue weighted by molar-refractivity contribution is 7.45. The molecule has 0 aromatic heterocycles. The van der Waals surface area contributed by atoms with Crippen LogP contribution < -0.4 is 25.8 Å². The Morgan fingerprint density at radius 3 is 1.35 bits per heavy atom. The summed E-state index contributed by atoms with van der Waals surface area (Å²) in [6, 6.07) is 17.0. The number of nitriles is 1. The second kappa shape index (κ2) is 39.0. The van der Waals surface area contributed by atoms with Crippen molar-refractivity contribution in [1.82, 2.24) is 25.9 Å². The van der Waals surface area contributed by atoms with Crippen LogP contribution in [0.15, 0.2) is 48.5 Å². The molecule has 4 N–H and O–H groups in total. The first kappa shape index (κ1) is 62.5. The van der Waals surface area contributed by atoms with Crippen molar-refractivity contribution in [2.24, 2.45) is 0 Å². The lowest BCUT2D eigenvalue weighted by Crippen LogP contribution is -2.50. The highest BCUT2D eigenvalue weighted by Gasteiger charge is 2.34. The van der Waals surface area contributed by atoms with Gasteiger partial charge in [0.15, 0.2) is 0 Å². The van der Waals surface area contributed by atoms with Crippen LogP contribution in [0.25, 0.3) is 11.1 Å². The van der Waals surface area contributed by atoms with Crippen molar-refractivity contribution >= 4 is 32.2 Å². The normalized spacial score (nSPS) is 11.5. The standard InChI is InChI=1S/C53H75N6O12P/c1-8-30-64-37-40-67-34-27-55-49(60)20-23-53(24-21-50(61)56-28-35-68-41-38-65-31-9-2,25-22-51(62)57-29-36-69-42-39-66-32-10-3)58-52(63)47-14-12-45(13-15-47)46-16-18-48(19-17-46)71-72(70-33-11-26-54)59(43(4)5)44(6)7/h1-3,12-19,43-44H,11,20-25,27-42H2,4-7H3,(H,55,60)(H,56,61)(H,57,62)(H,58,63). The Hall–Kier alpha value is -5.60. The summed E-state index contributed by atoms with van der Waals surface area (Å²) in [5.41, 5.74) is 0.861. The first-order valence-electron chi connectivity index (χ1n) is 24.2. The van der Waals surface area contributed by atoms with Gasteiger partial charge in [-0.1, -0.05) is 42.0 Å². The van der Waals surface area contributed by atoms with Gasteiger partial charge in [0.2, 0.25) is 17.7 Å². The highest BCUT2D eigenvalue weighted by Crippen LogP contribution is 2.46. The smallest absolute Gasteiger partial charge is 0.321 e. The number of hydrogen-bond donors (Lipinski definition) is 4. The maximum atomic E-state index is 14.3. The predicted molar refractivity (Wildman–Crippen MR) is 276 cm³/mol. The number of hydrogen-bond acceptors (Lipinski definition) is 14. The molecule has 4 amide bonds. The van der Waals surface area contributed by atoms with Crippen molar-refractivity contribution in [3.63, 3.8) is 0 Å². The molecule has 19 heteroatoms. The molecular weight excluding hydrogens is 944 g/mol. The Kier molecular flexibility index (Phi) is 33.9. The molecular formula is C53H75N6O12P. The second-order valence-corrected chi connectivity index (χ2v) is 18.0. The van der Waals surface area contributed by atoms with E-state index in [0.717, 1.165) is 11.1 Å². The van der Waals surface area contributed by atoms with Gasteiger partial charge < -0.3 is 58.7 Å². The van der Waals surface area contributed by atoms with E-state index in [-0.39, 0.29) is 141 Å². The molecule has 0 saturated carbocycles. The zero-order valence-electron chi connectivity index (χ0n) is 42.5. The topological polar surface area (TPSA) is 217 Å². The molecule has 0 heterocycles. The molecule has 0 aliphatic heterocycles. The third-order valence-electron chi connectivity index (χ3n) is 10.4. The minimum Gasteiger partial charge on any atom is -0.436 e. The van der Waals surface area contributed by atoms with E-state index >= 15 is 0 Å². The van der Waals surface area contributed by atoms with Crippen LogP contribution in [0.1, 0.15) is 83.0 Å². The van der Waals surface area contributed by atoms with Crippen molar-refractivity contribution < 1.29 is 56.6 Å². The summed E-state index contributed by atoms with van der Waals surface area (Å²) < 4.78 is 46.8. The molecule has 394 valence electrons. The SMILES string of the molecule is C#CCOCCOCCNC(=O)CCC(CCC(=O)NCCOCCOCC#C)(CCC(=O)NCCOCCOCC#C)NC(=O)c1ccc(-c2ccc(OP(OCCC#N)N(C(C)C)C(C)C)cc2)cc1. The van der Waals surface area contributed by atoms with E-state index in [1.807, 2.05) is 36.4 Å². The van der Waals surface area contributed by atoms with Crippen molar-refractivity contribution in [3.05, 3.63) is 54.1 Å². The molecule has 0 saturated heterocycles. The number of nitrogens with one attached hydrogen (secondary N) is 4. The van der Waals surface area contributed by atoms with Gasteiger partial charge in [0.05, 0.1) is 78.6 Å². The molecule has 0 fully saturated rings. The van der Waals surface area contributed by atoms with E-state index in [2.05, 4.69) is 77.5 Å². The summed E-state index contributed by atoms with van der Waals surface area (Å²) in [5, 5.41) is 20.8. The van der Waals surface area contributed by atoms with E-state index in [1.165, 1.54) is 0 Å². The maximum absolute atomic E-state index is 14.3. The molecule has 1 atom stereocenters. The van der Waals surface area contributed by atoms with Crippen LogP contribution >= 0.6 is 8.53 Å². The minimum atomic E-state index is -1.49. The Bertz CT molecular complexity index is 1910. The van der Waals surface area contributed by atoms with E-state index < -0.39 is 20.0 Å². The summed E-state index contributed by atoms with van der Waals surface area (Å²) in [7, 11) is -1.49. The second-order valence-electron chi connectivity index (χ2n) is 16.6. The maximum Gasteiger partial charge on any atom is 0.321 e. The van der Waals surface area contributed by atoms with Gasteiger partial charge in [-0.2, -0.15) is 5.26 Å². The zero-order chi connectivity index (χ0) is 52.7. The van der Waals surface area contributed by atoms with Gasteiger partial charge in [-0.3, -0.25) is 19.2 Å². The molecule has 72 heavy (non-hydrogen) atoms. The highest BCUT2D eigenvalue weighted by atomic mass is 31.2. The fourth-order valence-electron chi connectivity index (χ4n) is 6.94. The van der Waals surface area contributed by atoms with Crippen molar-refractivity contribution in [2.45, 2.75) is 90.3 Å². The van der Waals surface area contributed by atoms with Crippen LogP contribution in [-0.2, 0) is 47.3 Å². The number of nitrogens with zero attached hydrogens (tertiary/aromatic N) is 2. The third-order valence-corrected chi connectivity index (χ3v) is 12.5. The van der Waals surface area contributed by atoms with Crippen molar-refractivity contribution in [1.29, 1.82) is 5.26 Å². The number of amides is 4. The van der Waals surface area contributed by atoms with Crippen molar-refractivity contribution in [2.75, 3.05) is 106 Å². The van der Waals surface area contributed by atoms with Gasteiger partial charge in [0, 0.05) is 62.1 Å². The molecule has 2 aromatic rings. The van der Waals surface area contributed by atoms with Crippen LogP contribution in [0.4, 0.5) is 0 Å². The molecule has 0 aliphatic rings. The van der Waals surface area contributed by atoms with Gasteiger partial charge in [-0.25, -0.2) is 4.67 Å². The largest absolute Gasteiger partial charge is 0.436 e. The average molecular weight is 1020 g/mol. The molecule has 0 spiro atoms. The van der Waals surface area contributed by atoms with Gasteiger partial charge in [0.25, 0.3) is 5.91 Å². The fraction of sp³-hybridized carbons (Fsp3) is 0.566. The summed E-state index contributed by atoms with van der Waals surface area (Å²) >= 11 is 0. The Balaban J connectivity index is 2.31. The molecule has 1 unspecified atom stereocenters. The lowest BCUT2D eigenvalue weighted by molar-refractivity contribution is -0.121. The van der Waals surface area contributed by atoms with Gasteiger partial charge in [0.1, 0.15) is 25.6 Å². The summed E-state index contributed by atoms with van der Waals surface area (Å²) in [4.78, 5) is 54.1. The van der Waals surface area contributed by atoms with Gasteiger partial charge >= 0.3 is 8.53 Å². The predicted octanol–water partition coefficient (Wildman–Crippen LogP) is 5.17. The van der Waals surface area contributed by atoms with Crippen LogP contribution in [-0.4, -0.2) is 151 Å². The summed E-state index contributed by atoms with van der Waals surface area (Å²) in [6.45, 7) is 12.3. The van der Waals surface area contributed by atoms with Crippen molar-refractivity contribution in [3.8, 4) is 60.0 Å². The molecule has 18 nitrogen and oxygen atoms in total. The number of benzene rings is 2. The quantitative estimate of drug-likeness (QED) is 0.0385. The Morgan fingerprint density at radius 1 is 0.583 bits per heavy atom. The molecule has 0 radical (unpaired) electrons. The molecule has 2 aromatic carbocycles. The molecule has 0 aliphatic carbocycles. The number of ether oxygens (including phenoxy) is 6. The van der Waals surface area contributed by atoms with Crippen LogP contribution in [0.2, 0.25) is 0 Å². The molecule has 2 rings (SSSR count). The van der Waals surface area contributed by atoms with Gasteiger partial charge in [-0.15, -0.1) is 19.3 Å². The molecule has 0 bridgehead atoms. The number of rotatable bonds is 41. The monoisotopic (exact) mass is 1020 g/mol. The number of carbonyl (C=O) groups is 4. The minimum absolute atomic E-state index is 0.0283. The summed E-state index contributed by atoms with van der Waals surface area (Å²) in [6.07, 6.45) is 16.1. The summed E-state index contributed by atoms with van der Waals surface area (Å²) in [5.74, 6) is 6.40. The zero-order valence-corrected chi connectivity index (χ0v) is 43.4. The van der Waals surface area contributed by atoms with E-state index in [4.69, 9.17) is 62.0 Å². The lowest BCUT2D eigenvalue weighted by atomic mass is 9.82. The van der Waals surface area contributed by atoms with E-state index in [9.17, 15) is 19.2 Å². The van der Waals surface area contributed by atoms with Crippen LogP contribution in [0.3, 0.4) is 0 Å². The Labute approximate surface area is 428 Å². The van der Waals surface area contributed by atoms with E-state index in [1.54, 1.807) is 12.1 Å². The first-order valence-corrected chi connectivity index (χ1v) is 25.4. The van der Waals surface area contributed by atoms with Gasteiger partial charge in [-0.05, 0) is 82.3 Å². The van der Waals surface area contributed by atoms with E-state index in [0.29, 0.717) is 51.0 Å². The number of carbonyl (C=O) groups excluding carboxylic acids is 4. The first-order chi connectivity index (χ1) is 34.9. The fourth-order valence-corrected chi connectivity index (χ4v) is 8.52.